The molecule has 1 unspecified atom stereocenters. The Morgan fingerprint density at radius 3 is 2.41 bits per heavy atom. The molecule has 1 aromatic rings. The van der Waals surface area contributed by atoms with E-state index in [1.165, 1.54) is 16.7 Å². The fourth-order valence-corrected chi connectivity index (χ4v) is 2.10. The average molecular weight is 232 g/mol. The second kappa shape index (κ2) is 5.48. The molecule has 1 nitrogen and oxygen atoms in total. The molecule has 0 aliphatic heterocycles. The van der Waals surface area contributed by atoms with Crippen LogP contribution in [0.1, 0.15) is 44.4 Å². The van der Waals surface area contributed by atoms with Crippen molar-refractivity contribution in [1.82, 2.24) is 0 Å². The molecule has 1 heteroatoms. The van der Waals surface area contributed by atoms with Crippen LogP contribution < -0.4 is 0 Å². The minimum atomic E-state index is 0.113. The number of hydrogen-bond donors (Lipinski definition) is 0. The highest BCUT2D eigenvalue weighted by Gasteiger charge is 2.12. The Hall–Kier alpha value is -1.11. The summed E-state index contributed by atoms with van der Waals surface area (Å²) in [4.78, 5) is 10.7. The van der Waals surface area contributed by atoms with Crippen LogP contribution in [0.4, 0.5) is 0 Å². The van der Waals surface area contributed by atoms with E-state index in [0.717, 1.165) is 19.1 Å². The second-order valence-electron chi connectivity index (χ2n) is 6.32. The lowest BCUT2D eigenvalue weighted by molar-refractivity contribution is -0.110. The maximum atomic E-state index is 10.7. The molecule has 0 amide bonds. The highest BCUT2D eigenvalue weighted by Crippen LogP contribution is 2.23. The molecule has 0 aliphatic carbocycles. The molecule has 0 saturated carbocycles. The van der Waals surface area contributed by atoms with Gasteiger partial charge < -0.3 is 4.79 Å². The molecule has 0 radical (unpaired) electrons. The van der Waals surface area contributed by atoms with E-state index in [9.17, 15) is 4.79 Å². The van der Waals surface area contributed by atoms with E-state index in [1.807, 2.05) is 6.92 Å². The SMILES string of the molecule is Cc1cc(CC(C)(C)C)ccc1CC(C)C=O. The zero-order valence-electron chi connectivity index (χ0n) is 11.7. The van der Waals surface area contributed by atoms with Gasteiger partial charge in [0.05, 0.1) is 0 Å². The van der Waals surface area contributed by atoms with Gasteiger partial charge in [-0.05, 0) is 41.9 Å². The van der Waals surface area contributed by atoms with Crippen LogP contribution in [0.15, 0.2) is 18.2 Å². The fourth-order valence-electron chi connectivity index (χ4n) is 2.10. The Kier molecular flexibility index (Phi) is 4.50. The molecule has 0 N–H and O–H groups in total. The van der Waals surface area contributed by atoms with Crippen molar-refractivity contribution in [3.8, 4) is 0 Å². The zero-order valence-corrected chi connectivity index (χ0v) is 11.7. The molecule has 0 saturated heterocycles. The van der Waals surface area contributed by atoms with E-state index in [2.05, 4.69) is 45.9 Å². The normalized spacial score (nSPS) is 13.5. The van der Waals surface area contributed by atoms with E-state index >= 15 is 0 Å². The summed E-state index contributed by atoms with van der Waals surface area (Å²) in [6.45, 7) is 10.9. The van der Waals surface area contributed by atoms with E-state index in [0.29, 0.717) is 5.41 Å². The van der Waals surface area contributed by atoms with Crippen molar-refractivity contribution in [1.29, 1.82) is 0 Å². The molecule has 1 rings (SSSR count). The van der Waals surface area contributed by atoms with E-state index < -0.39 is 0 Å². The Labute approximate surface area is 105 Å². The smallest absolute Gasteiger partial charge is 0.123 e. The van der Waals surface area contributed by atoms with Gasteiger partial charge in [0.15, 0.2) is 0 Å². The van der Waals surface area contributed by atoms with E-state index in [4.69, 9.17) is 0 Å². The van der Waals surface area contributed by atoms with Gasteiger partial charge in [0.1, 0.15) is 6.29 Å². The van der Waals surface area contributed by atoms with Gasteiger partial charge in [0, 0.05) is 5.92 Å². The Bertz CT molecular complexity index is 385. The third kappa shape index (κ3) is 4.72. The molecular weight excluding hydrogens is 208 g/mol. The molecule has 0 aromatic heterocycles. The van der Waals surface area contributed by atoms with Gasteiger partial charge in [-0.15, -0.1) is 0 Å². The molecule has 0 spiro atoms. The number of aryl methyl sites for hydroxylation is 1. The Morgan fingerprint density at radius 2 is 1.94 bits per heavy atom. The van der Waals surface area contributed by atoms with Crippen LogP contribution in [-0.4, -0.2) is 6.29 Å². The van der Waals surface area contributed by atoms with E-state index in [-0.39, 0.29) is 5.92 Å². The third-order valence-electron chi connectivity index (χ3n) is 2.92. The van der Waals surface area contributed by atoms with Gasteiger partial charge in [-0.25, -0.2) is 0 Å². The van der Waals surface area contributed by atoms with E-state index in [1.54, 1.807) is 0 Å². The van der Waals surface area contributed by atoms with Crippen LogP contribution in [-0.2, 0) is 17.6 Å². The molecule has 1 atom stereocenters. The molecule has 0 heterocycles. The average Bonchev–Trinajstić information content (AvgIpc) is 2.19. The highest BCUT2D eigenvalue weighted by atomic mass is 16.1. The number of carbonyl (C=O) groups excluding carboxylic acids is 1. The monoisotopic (exact) mass is 232 g/mol. The zero-order chi connectivity index (χ0) is 13.1. The summed E-state index contributed by atoms with van der Waals surface area (Å²) in [6.07, 6.45) is 2.98. The summed E-state index contributed by atoms with van der Waals surface area (Å²) in [5.74, 6) is 0.113. The van der Waals surface area contributed by atoms with Crippen molar-refractivity contribution in [2.24, 2.45) is 11.3 Å². The van der Waals surface area contributed by atoms with Crippen molar-refractivity contribution in [2.75, 3.05) is 0 Å². The molecule has 0 aliphatic rings. The minimum absolute atomic E-state index is 0.113. The molecule has 94 valence electrons. The maximum absolute atomic E-state index is 10.7. The molecular formula is C16H24O. The maximum Gasteiger partial charge on any atom is 0.123 e. The van der Waals surface area contributed by atoms with Gasteiger partial charge in [-0.3, -0.25) is 0 Å². The fraction of sp³-hybridized carbons (Fsp3) is 0.562. The number of carbonyl (C=O) groups is 1. The quantitative estimate of drug-likeness (QED) is 0.718. The molecule has 17 heavy (non-hydrogen) atoms. The van der Waals surface area contributed by atoms with Gasteiger partial charge >= 0.3 is 0 Å². The summed E-state index contributed by atoms with van der Waals surface area (Å²) in [6, 6.07) is 6.64. The number of hydrogen-bond acceptors (Lipinski definition) is 1. The van der Waals surface area contributed by atoms with Crippen LogP contribution in [0.5, 0.6) is 0 Å². The summed E-state index contributed by atoms with van der Waals surface area (Å²) >= 11 is 0. The molecule has 0 fully saturated rings. The number of aldehydes is 1. The first-order valence-electron chi connectivity index (χ1n) is 6.35. The lowest BCUT2D eigenvalue weighted by atomic mass is 9.86. The Balaban J connectivity index is 2.83. The van der Waals surface area contributed by atoms with Gasteiger partial charge in [-0.2, -0.15) is 0 Å². The predicted molar refractivity (Wildman–Crippen MR) is 73.3 cm³/mol. The number of rotatable bonds is 4. The third-order valence-corrected chi connectivity index (χ3v) is 2.92. The predicted octanol–water partition coefficient (Wildman–Crippen LogP) is 3.96. The lowest BCUT2D eigenvalue weighted by Crippen LogP contribution is -2.10. The molecule has 1 aromatic carbocycles. The summed E-state index contributed by atoms with van der Waals surface area (Å²) in [5, 5.41) is 0. The first-order valence-corrected chi connectivity index (χ1v) is 6.35. The van der Waals surface area contributed by atoms with Crippen LogP contribution >= 0.6 is 0 Å². The van der Waals surface area contributed by atoms with Crippen LogP contribution in [0.25, 0.3) is 0 Å². The van der Waals surface area contributed by atoms with Crippen molar-refractivity contribution in [3.05, 3.63) is 34.9 Å². The van der Waals surface area contributed by atoms with Crippen molar-refractivity contribution in [2.45, 2.75) is 47.5 Å². The minimum Gasteiger partial charge on any atom is -0.303 e. The summed E-state index contributed by atoms with van der Waals surface area (Å²) < 4.78 is 0. The first kappa shape index (κ1) is 14.0. The lowest BCUT2D eigenvalue weighted by Gasteiger charge is -2.19. The number of benzene rings is 1. The largest absolute Gasteiger partial charge is 0.303 e. The van der Waals surface area contributed by atoms with Gasteiger partial charge in [0.2, 0.25) is 0 Å². The standard InChI is InChI=1S/C16H24O/c1-12(11-17)8-15-7-6-14(9-13(15)2)10-16(3,4)5/h6-7,9,11-12H,8,10H2,1-5H3. The van der Waals surface area contributed by atoms with Gasteiger partial charge in [0.25, 0.3) is 0 Å². The summed E-state index contributed by atoms with van der Waals surface area (Å²) in [5.41, 5.74) is 4.31. The van der Waals surface area contributed by atoms with Crippen molar-refractivity contribution >= 4 is 6.29 Å². The Morgan fingerprint density at radius 1 is 1.29 bits per heavy atom. The molecule has 0 bridgehead atoms. The summed E-state index contributed by atoms with van der Waals surface area (Å²) in [7, 11) is 0. The van der Waals surface area contributed by atoms with Crippen LogP contribution in [0.2, 0.25) is 0 Å². The second-order valence-corrected chi connectivity index (χ2v) is 6.32. The van der Waals surface area contributed by atoms with Gasteiger partial charge in [-0.1, -0.05) is 45.9 Å². The van der Waals surface area contributed by atoms with Crippen LogP contribution in [0, 0.1) is 18.3 Å². The topological polar surface area (TPSA) is 17.1 Å². The van der Waals surface area contributed by atoms with Crippen LogP contribution in [0.3, 0.4) is 0 Å². The van der Waals surface area contributed by atoms with Crippen molar-refractivity contribution < 1.29 is 4.79 Å². The van der Waals surface area contributed by atoms with Crippen molar-refractivity contribution in [3.63, 3.8) is 0 Å². The highest BCUT2D eigenvalue weighted by molar-refractivity contribution is 5.54. The first-order chi connectivity index (χ1) is 7.81.